The minimum atomic E-state index is 0.723. The summed E-state index contributed by atoms with van der Waals surface area (Å²) < 4.78 is 0. The van der Waals surface area contributed by atoms with Gasteiger partial charge in [0.25, 0.3) is 0 Å². The molecule has 2 heteroatoms. The van der Waals surface area contributed by atoms with E-state index >= 15 is 0 Å². The minimum absolute atomic E-state index is 0.723. The van der Waals surface area contributed by atoms with Crippen LogP contribution in [-0.2, 0) is 0 Å². The fourth-order valence-electron chi connectivity index (χ4n) is 2.31. The molecule has 0 N–H and O–H groups in total. The monoisotopic (exact) mass is 194 g/mol. The molecule has 0 amide bonds. The van der Waals surface area contributed by atoms with Crippen molar-refractivity contribution in [1.29, 1.82) is 0 Å². The minimum Gasteiger partial charge on any atom is -0.305 e. The molecule has 2 unspecified atom stereocenters. The smallest absolute Gasteiger partial charge is 0.0254 e. The summed E-state index contributed by atoms with van der Waals surface area (Å²) in [6.45, 7) is 5.94. The average molecular weight is 194 g/mol. The van der Waals surface area contributed by atoms with Crippen LogP contribution in [0.3, 0.4) is 0 Å². The quantitative estimate of drug-likeness (QED) is 0.491. The van der Waals surface area contributed by atoms with Gasteiger partial charge in [-0.2, -0.15) is 0 Å². The van der Waals surface area contributed by atoms with Gasteiger partial charge in [-0.1, -0.05) is 6.92 Å². The zero-order valence-corrected chi connectivity index (χ0v) is 9.66. The maximum atomic E-state index is 5.24. The third kappa shape index (κ3) is 3.01. The second kappa shape index (κ2) is 5.38. The van der Waals surface area contributed by atoms with Crippen LogP contribution < -0.4 is 0 Å². The van der Waals surface area contributed by atoms with Crippen molar-refractivity contribution in [2.24, 2.45) is 5.92 Å². The van der Waals surface area contributed by atoms with Crippen LogP contribution in [0.5, 0.6) is 0 Å². The van der Waals surface area contributed by atoms with Gasteiger partial charge in [0, 0.05) is 25.6 Å². The third-order valence-electron chi connectivity index (χ3n) is 3.11. The molecule has 80 valence electrons. The van der Waals surface area contributed by atoms with E-state index in [-0.39, 0.29) is 0 Å². The van der Waals surface area contributed by atoms with E-state index in [0.29, 0.717) is 0 Å². The largest absolute Gasteiger partial charge is 0.305 e. The number of unbranched alkanes of at least 4 members (excludes halogenated alkanes) is 1. The van der Waals surface area contributed by atoms with Crippen LogP contribution in [0.1, 0.15) is 19.8 Å². The van der Waals surface area contributed by atoms with Gasteiger partial charge in [0.05, 0.1) is 0 Å². The van der Waals surface area contributed by atoms with Crippen molar-refractivity contribution in [2.75, 3.05) is 33.7 Å². The molecule has 0 radical (unpaired) electrons. The molecule has 0 aromatic rings. The van der Waals surface area contributed by atoms with Crippen LogP contribution in [0.25, 0.3) is 0 Å². The number of hydrogen-bond acceptors (Lipinski definition) is 2. The van der Waals surface area contributed by atoms with Gasteiger partial charge < -0.3 is 9.80 Å². The molecule has 2 atom stereocenters. The molecule has 1 rings (SSSR count). The van der Waals surface area contributed by atoms with Gasteiger partial charge in [-0.3, -0.25) is 0 Å². The number of nitrogens with zero attached hydrogens (tertiary/aromatic N) is 2. The fraction of sp³-hybridized carbons (Fsp3) is 0.833. The molecular weight excluding hydrogens is 172 g/mol. The summed E-state index contributed by atoms with van der Waals surface area (Å²) in [6, 6.07) is 0.723. The van der Waals surface area contributed by atoms with Crippen LogP contribution in [0.15, 0.2) is 0 Å². The van der Waals surface area contributed by atoms with Crippen molar-refractivity contribution < 1.29 is 0 Å². The first kappa shape index (κ1) is 11.6. The summed E-state index contributed by atoms with van der Waals surface area (Å²) >= 11 is 0. The zero-order valence-electron chi connectivity index (χ0n) is 9.66. The summed E-state index contributed by atoms with van der Waals surface area (Å²) in [5.41, 5.74) is 0. The molecule has 0 aromatic carbocycles. The van der Waals surface area contributed by atoms with E-state index in [1.807, 2.05) is 0 Å². The first-order chi connectivity index (χ1) is 6.65. The van der Waals surface area contributed by atoms with Gasteiger partial charge in [0.1, 0.15) is 0 Å². The predicted octanol–water partition coefficient (Wildman–Crippen LogP) is 1.28. The highest BCUT2D eigenvalue weighted by Gasteiger charge is 2.30. The summed E-state index contributed by atoms with van der Waals surface area (Å²) in [7, 11) is 4.35. The Kier molecular flexibility index (Phi) is 4.44. The van der Waals surface area contributed by atoms with Gasteiger partial charge in [0.2, 0.25) is 0 Å². The molecule has 1 aliphatic heterocycles. The lowest BCUT2D eigenvalue weighted by molar-refractivity contribution is 0.251. The van der Waals surface area contributed by atoms with Crippen molar-refractivity contribution in [3.05, 3.63) is 0 Å². The van der Waals surface area contributed by atoms with E-state index < -0.39 is 0 Å². The molecule has 1 saturated heterocycles. The van der Waals surface area contributed by atoms with Gasteiger partial charge in [-0.05, 0) is 33.0 Å². The lowest BCUT2D eigenvalue weighted by Gasteiger charge is -2.22. The van der Waals surface area contributed by atoms with Crippen molar-refractivity contribution in [1.82, 2.24) is 9.80 Å². The van der Waals surface area contributed by atoms with E-state index in [1.54, 1.807) is 0 Å². The SMILES string of the molecule is C#CCCCN1CC(C)C(N(C)C)C1. The Balaban J connectivity index is 2.28. The molecule has 1 fully saturated rings. The Morgan fingerprint density at radius 1 is 1.43 bits per heavy atom. The molecule has 0 aliphatic carbocycles. The summed E-state index contributed by atoms with van der Waals surface area (Å²) in [6.07, 6.45) is 7.30. The third-order valence-corrected chi connectivity index (χ3v) is 3.11. The Labute approximate surface area is 88.3 Å². The number of hydrogen-bond donors (Lipinski definition) is 0. The summed E-state index contributed by atoms with van der Waals surface area (Å²) in [5.74, 6) is 3.49. The van der Waals surface area contributed by atoms with Gasteiger partial charge >= 0.3 is 0 Å². The van der Waals surface area contributed by atoms with E-state index in [0.717, 1.165) is 24.8 Å². The number of likely N-dealkylation sites (N-methyl/N-ethyl adjacent to an activating group) is 1. The predicted molar refractivity (Wildman–Crippen MR) is 61.1 cm³/mol. The van der Waals surface area contributed by atoms with Gasteiger partial charge in [-0.15, -0.1) is 12.3 Å². The lowest BCUT2D eigenvalue weighted by atomic mass is 10.1. The topological polar surface area (TPSA) is 6.48 Å². The highest BCUT2D eigenvalue weighted by molar-refractivity contribution is 4.88. The Hall–Kier alpha value is -0.520. The second-order valence-electron chi connectivity index (χ2n) is 4.58. The zero-order chi connectivity index (χ0) is 10.6. The summed E-state index contributed by atoms with van der Waals surface area (Å²) in [4.78, 5) is 4.87. The first-order valence-electron chi connectivity index (χ1n) is 5.47. The lowest BCUT2D eigenvalue weighted by Crippen LogP contribution is -2.34. The normalized spacial score (nSPS) is 28.2. The average Bonchev–Trinajstić information content (AvgIpc) is 2.47. The molecule has 1 aliphatic rings. The number of likely N-dealkylation sites (tertiary alicyclic amines) is 1. The van der Waals surface area contributed by atoms with Crippen LogP contribution in [0.4, 0.5) is 0 Å². The molecule has 0 bridgehead atoms. The van der Waals surface area contributed by atoms with E-state index in [4.69, 9.17) is 6.42 Å². The Morgan fingerprint density at radius 2 is 2.14 bits per heavy atom. The first-order valence-corrected chi connectivity index (χ1v) is 5.47. The van der Waals surface area contributed by atoms with Crippen LogP contribution in [-0.4, -0.2) is 49.6 Å². The maximum Gasteiger partial charge on any atom is 0.0254 e. The Bertz CT molecular complexity index is 205. The molecule has 0 aromatic heterocycles. The molecule has 1 heterocycles. The fourth-order valence-corrected chi connectivity index (χ4v) is 2.31. The molecule has 0 saturated carbocycles. The molecular formula is C12H22N2. The van der Waals surface area contributed by atoms with Crippen molar-refractivity contribution in [3.63, 3.8) is 0 Å². The van der Waals surface area contributed by atoms with Gasteiger partial charge in [0.15, 0.2) is 0 Å². The van der Waals surface area contributed by atoms with Crippen molar-refractivity contribution >= 4 is 0 Å². The van der Waals surface area contributed by atoms with Crippen molar-refractivity contribution in [2.45, 2.75) is 25.8 Å². The summed E-state index contributed by atoms with van der Waals surface area (Å²) in [5, 5.41) is 0. The van der Waals surface area contributed by atoms with Crippen LogP contribution >= 0.6 is 0 Å². The standard InChI is InChI=1S/C12H22N2/c1-5-6-7-8-14-9-11(2)12(10-14)13(3)4/h1,11-12H,6-10H2,2-4H3. The number of rotatable bonds is 4. The van der Waals surface area contributed by atoms with Crippen LogP contribution in [0, 0.1) is 18.3 Å². The van der Waals surface area contributed by atoms with E-state index in [1.165, 1.54) is 19.6 Å². The Morgan fingerprint density at radius 3 is 2.64 bits per heavy atom. The second-order valence-corrected chi connectivity index (χ2v) is 4.58. The highest BCUT2D eigenvalue weighted by Crippen LogP contribution is 2.19. The maximum absolute atomic E-state index is 5.24. The van der Waals surface area contributed by atoms with E-state index in [2.05, 4.69) is 36.7 Å². The molecule has 2 nitrogen and oxygen atoms in total. The van der Waals surface area contributed by atoms with Gasteiger partial charge in [-0.25, -0.2) is 0 Å². The van der Waals surface area contributed by atoms with E-state index in [9.17, 15) is 0 Å². The van der Waals surface area contributed by atoms with Crippen molar-refractivity contribution in [3.8, 4) is 12.3 Å². The highest BCUT2D eigenvalue weighted by atomic mass is 15.2. The molecule has 0 spiro atoms. The number of terminal acetylenes is 1. The van der Waals surface area contributed by atoms with Crippen LogP contribution in [0.2, 0.25) is 0 Å². The molecule has 14 heavy (non-hydrogen) atoms.